The fourth-order valence-electron chi connectivity index (χ4n) is 3.71. The van der Waals surface area contributed by atoms with Crippen LogP contribution in [0.25, 0.3) is 0 Å². The number of piperidine rings is 1. The topological polar surface area (TPSA) is 3.24 Å². The van der Waals surface area contributed by atoms with Gasteiger partial charge in [-0.1, -0.05) is 46.4 Å². The van der Waals surface area contributed by atoms with Gasteiger partial charge >= 0.3 is 0 Å². The van der Waals surface area contributed by atoms with E-state index < -0.39 is 0 Å². The maximum atomic E-state index is 6.31. The van der Waals surface area contributed by atoms with Crippen LogP contribution in [0.2, 0.25) is 5.02 Å². The molecular formula is C16H21BrClN. The zero-order valence-electron chi connectivity index (χ0n) is 11.3. The number of alkyl halides is 1. The first-order chi connectivity index (χ1) is 9.22. The highest BCUT2D eigenvalue weighted by atomic mass is 79.9. The Labute approximate surface area is 129 Å². The number of hydrogen-bond acceptors (Lipinski definition) is 1. The molecular weight excluding hydrogens is 322 g/mol. The van der Waals surface area contributed by atoms with Gasteiger partial charge in [0.2, 0.25) is 0 Å². The second-order valence-corrected chi connectivity index (χ2v) is 7.07. The van der Waals surface area contributed by atoms with Crippen molar-refractivity contribution in [2.24, 2.45) is 5.41 Å². The van der Waals surface area contributed by atoms with Gasteiger partial charge in [-0.2, -0.15) is 0 Å². The highest BCUT2D eigenvalue weighted by Crippen LogP contribution is 2.46. The van der Waals surface area contributed by atoms with Crippen molar-refractivity contribution in [1.29, 1.82) is 0 Å². The summed E-state index contributed by atoms with van der Waals surface area (Å²) in [6.07, 6.45) is 8.56. The van der Waals surface area contributed by atoms with E-state index in [2.05, 4.69) is 39.0 Å². The number of hydrogen-bond donors (Lipinski definition) is 0. The van der Waals surface area contributed by atoms with Gasteiger partial charge < -0.3 is 4.90 Å². The van der Waals surface area contributed by atoms with E-state index in [1.807, 2.05) is 0 Å². The standard InChI is InChI=1S/C16H21BrClN/c17-12-13-3-4-14(11-15(13)18)19-9-7-16(8-10-19)5-1-2-6-16/h3-4,11H,1-2,5-10,12H2. The van der Waals surface area contributed by atoms with Crippen LogP contribution in [0.5, 0.6) is 0 Å². The molecule has 0 N–H and O–H groups in total. The lowest BCUT2D eigenvalue weighted by Crippen LogP contribution is -2.38. The summed E-state index contributed by atoms with van der Waals surface area (Å²) in [4.78, 5) is 2.51. The van der Waals surface area contributed by atoms with Crippen LogP contribution in [0.1, 0.15) is 44.1 Å². The molecule has 1 heterocycles. The van der Waals surface area contributed by atoms with E-state index in [9.17, 15) is 0 Å². The molecule has 3 rings (SSSR count). The third-order valence-corrected chi connectivity index (χ3v) is 5.99. The molecule has 1 nitrogen and oxygen atoms in total. The van der Waals surface area contributed by atoms with Crippen molar-refractivity contribution < 1.29 is 0 Å². The molecule has 0 amide bonds. The first-order valence-electron chi connectivity index (χ1n) is 7.32. The van der Waals surface area contributed by atoms with Crippen molar-refractivity contribution in [2.45, 2.75) is 43.9 Å². The molecule has 0 aromatic heterocycles. The fourth-order valence-corrected chi connectivity index (χ4v) is 4.60. The van der Waals surface area contributed by atoms with Crippen LogP contribution >= 0.6 is 27.5 Å². The Morgan fingerprint density at radius 3 is 2.37 bits per heavy atom. The quantitative estimate of drug-likeness (QED) is 0.651. The summed E-state index contributed by atoms with van der Waals surface area (Å²) in [6.45, 7) is 2.40. The van der Waals surface area contributed by atoms with E-state index in [0.717, 1.165) is 10.4 Å². The average molecular weight is 343 g/mol. The van der Waals surface area contributed by atoms with Crippen LogP contribution in [0.4, 0.5) is 5.69 Å². The van der Waals surface area contributed by atoms with E-state index >= 15 is 0 Å². The first-order valence-corrected chi connectivity index (χ1v) is 8.82. The van der Waals surface area contributed by atoms with Crippen molar-refractivity contribution in [3.63, 3.8) is 0 Å². The molecule has 1 spiro atoms. The molecule has 1 aromatic carbocycles. The van der Waals surface area contributed by atoms with Crippen molar-refractivity contribution >= 4 is 33.2 Å². The fraction of sp³-hybridized carbons (Fsp3) is 0.625. The molecule has 0 atom stereocenters. The van der Waals surface area contributed by atoms with Gasteiger partial charge in [0.15, 0.2) is 0 Å². The molecule has 1 aromatic rings. The van der Waals surface area contributed by atoms with Gasteiger partial charge in [-0.25, -0.2) is 0 Å². The lowest BCUT2D eigenvalue weighted by Gasteiger charge is -2.40. The van der Waals surface area contributed by atoms with Gasteiger partial charge in [0.25, 0.3) is 0 Å². The van der Waals surface area contributed by atoms with E-state index in [0.29, 0.717) is 5.41 Å². The summed E-state index contributed by atoms with van der Waals surface area (Å²) in [5, 5.41) is 1.71. The van der Waals surface area contributed by atoms with Crippen molar-refractivity contribution in [3.8, 4) is 0 Å². The third kappa shape index (κ3) is 2.80. The summed E-state index contributed by atoms with van der Waals surface area (Å²) in [7, 11) is 0. The highest BCUT2D eigenvalue weighted by molar-refractivity contribution is 9.08. The lowest BCUT2D eigenvalue weighted by molar-refractivity contribution is 0.226. The SMILES string of the molecule is Clc1cc(N2CCC3(CCCC3)CC2)ccc1CBr. The summed E-state index contributed by atoms with van der Waals surface area (Å²) in [5.74, 6) is 0. The minimum atomic E-state index is 0.691. The van der Waals surface area contributed by atoms with Gasteiger partial charge in [0.05, 0.1) is 0 Å². The Hall–Kier alpha value is -0.210. The first kappa shape index (κ1) is 13.8. The van der Waals surface area contributed by atoms with Crippen LogP contribution in [0, 0.1) is 5.41 Å². The monoisotopic (exact) mass is 341 g/mol. The van der Waals surface area contributed by atoms with E-state index in [1.54, 1.807) is 0 Å². The largest absolute Gasteiger partial charge is 0.371 e. The van der Waals surface area contributed by atoms with Crippen LogP contribution in [-0.4, -0.2) is 13.1 Å². The maximum absolute atomic E-state index is 6.31. The zero-order valence-corrected chi connectivity index (χ0v) is 13.6. The molecule has 1 aliphatic heterocycles. The number of benzene rings is 1. The second-order valence-electron chi connectivity index (χ2n) is 6.10. The van der Waals surface area contributed by atoms with E-state index in [1.165, 1.54) is 62.9 Å². The zero-order chi connectivity index (χ0) is 13.3. The Bertz CT molecular complexity index is 444. The molecule has 0 radical (unpaired) electrons. The minimum absolute atomic E-state index is 0.691. The van der Waals surface area contributed by atoms with E-state index in [4.69, 9.17) is 11.6 Å². The molecule has 0 unspecified atom stereocenters. The van der Waals surface area contributed by atoms with E-state index in [-0.39, 0.29) is 0 Å². The van der Waals surface area contributed by atoms with Crippen LogP contribution in [-0.2, 0) is 5.33 Å². The lowest BCUT2D eigenvalue weighted by atomic mass is 9.77. The van der Waals surface area contributed by atoms with Gasteiger partial charge in [0.1, 0.15) is 0 Å². The van der Waals surface area contributed by atoms with Gasteiger partial charge in [-0.15, -0.1) is 0 Å². The Balaban J connectivity index is 1.69. The molecule has 1 saturated heterocycles. The molecule has 1 aliphatic carbocycles. The highest BCUT2D eigenvalue weighted by Gasteiger charge is 2.36. The Kier molecular flexibility index (Phi) is 4.09. The van der Waals surface area contributed by atoms with Crippen LogP contribution in [0.15, 0.2) is 18.2 Å². The average Bonchev–Trinajstić information content (AvgIpc) is 2.88. The smallest absolute Gasteiger partial charge is 0.0467 e. The summed E-state index contributed by atoms with van der Waals surface area (Å²) in [6, 6.07) is 6.49. The van der Waals surface area contributed by atoms with Crippen LogP contribution < -0.4 is 4.90 Å². The van der Waals surface area contributed by atoms with Crippen LogP contribution in [0.3, 0.4) is 0 Å². The summed E-state index contributed by atoms with van der Waals surface area (Å²) >= 11 is 9.78. The number of anilines is 1. The molecule has 2 fully saturated rings. The summed E-state index contributed by atoms with van der Waals surface area (Å²) in [5.41, 5.74) is 3.16. The second kappa shape index (κ2) is 5.65. The molecule has 1 saturated carbocycles. The van der Waals surface area contributed by atoms with Gasteiger partial charge in [0, 0.05) is 29.1 Å². The molecule has 0 bridgehead atoms. The predicted molar refractivity (Wildman–Crippen MR) is 86.4 cm³/mol. The Morgan fingerprint density at radius 1 is 1.11 bits per heavy atom. The Morgan fingerprint density at radius 2 is 1.79 bits per heavy atom. The predicted octanol–water partition coefficient (Wildman–Crippen LogP) is 5.40. The maximum Gasteiger partial charge on any atom is 0.0467 e. The van der Waals surface area contributed by atoms with Crippen molar-refractivity contribution in [2.75, 3.05) is 18.0 Å². The minimum Gasteiger partial charge on any atom is -0.371 e. The molecule has 2 aliphatic rings. The summed E-state index contributed by atoms with van der Waals surface area (Å²) < 4.78 is 0. The number of rotatable bonds is 2. The van der Waals surface area contributed by atoms with Crippen molar-refractivity contribution in [1.82, 2.24) is 0 Å². The van der Waals surface area contributed by atoms with Gasteiger partial charge in [-0.3, -0.25) is 0 Å². The number of nitrogens with zero attached hydrogens (tertiary/aromatic N) is 1. The van der Waals surface area contributed by atoms with Crippen molar-refractivity contribution in [3.05, 3.63) is 28.8 Å². The normalized spacial score (nSPS) is 22.1. The molecule has 19 heavy (non-hydrogen) atoms. The molecule has 104 valence electrons. The third-order valence-electron chi connectivity index (χ3n) is 5.03. The van der Waals surface area contributed by atoms with Gasteiger partial charge in [-0.05, 0) is 48.8 Å². The number of halogens is 2. The molecule has 3 heteroatoms.